The number of carbonyl (C=O) groups excluding carboxylic acids is 1. The number of anilines is 1. The molecule has 30 heavy (non-hydrogen) atoms. The first-order valence-corrected chi connectivity index (χ1v) is 11.5. The van der Waals surface area contributed by atoms with Gasteiger partial charge in [0.25, 0.3) is 15.9 Å². The quantitative estimate of drug-likeness (QED) is 0.735. The lowest BCUT2D eigenvalue weighted by Gasteiger charge is -2.30. The molecule has 0 bridgehead atoms. The molecule has 1 aromatic heterocycles. The Morgan fingerprint density at radius 2 is 2.03 bits per heavy atom. The van der Waals surface area contributed by atoms with Crippen LogP contribution in [-0.4, -0.2) is 61.7 Å². The Balaban J connectivity index is 1.72. The molecule has 1 fully saturated rings. The van der Waals surface area contributed by atoms with E-state index in [4.69, 9.17) is 27.9 Å². The van der Waals surface area contributed by atoms with Crippen LogP contribution in [0.25, 0.3) is 0 Å². The van der Waals surface area contributed by atoms with Crippen molar-refractivity contribution in [2.75, 3.05) is 30.6 Å². The van der Waals surface area contributed by atoms with E-state index in [-0.39, 0.29) is 63.8 Å². The lowest BCUT2D eigenvalue weighted by atomic mass is 10.2. The van der Waals surface area contributed by atoms with E-state index in [0.717, 1.165) is 17.1 Å². The molecule has 0 spiro atoms. The summed E-state index contributed by atoms with van der Waals surface area (Å²) >= 11 is 11.9. The first-order valence-electron chi connectivity index (χ1n) is 9.35. The van der Waals surface area contributed by atoms with Gasteiger partial charge in [-0.2, -0.15) is 0 Å². The highest BCUT2D eigenvalue weighted by atomic mass is 35.5. The van der Waals surface area contributed by atoms with E-state index in [2.05, 4.69) is 4.98 Å². The second-order valence-electron chi connectivity index (χ2n) is 7.03. The number of hydrogen-bond donors (Lipinski definition) is 1. The fourth-order valence-corrected chi connectivity index (χ4v) is 5.49. The van der Waals surface area contributed by atoms with Gasteiger partial charge in [0, 0.05) is 12.7 Å². The number of amides is 1. The average Bonchev–Trinajstić information content (AvgIpc) is 3.23. The smallest absolute Gasteiger partial charge is 0.264 e. The van der Waals surface area contributed by atoms with Gasteiger partial charge in [-0.25, -0.2) is 13.4 Å². The number of nitrogens with zero attached hydrogens (tertiary/aromatic N) is 3. The molecular weight excluding hydrogens is 453 g/mol. The van der Waals surface area contributed by atoms with Crippen molar-refractivity contribution in [1.82, 2.24) is 9.88 Å². The minimum absolute atomic E-state index is 0.0265. The van der Waals surface area contributed by atoms with Crippen molar-refractivity contribution in [3.05, 3.63) is 46.1 Å². The molecule has 4 rings (SSSR count). The van der Waals surface area contributed by atoms with Gasteiger partial charge in [-0.3, -0.25) is 9.10 Å². The van der Waals surface area contributed by atoms with E-state index in [1.165, 1.54) is 30.5 Å². The van der Waals surface area contributed by atoms with Crippen LogP contribution in [0.1, 0.15) is 23.2 Å². The number of carbonyl (C=O) groups is 1. The molecule has 2 aliphatic rings. The second-order valence-corrected chi connectivity index (χ2v) is 9.70. The van der Waals surface area contributed by atoms with Gasteiger partial charge in [-0.1, -0.05) is 23.2 Å². The molecule has 0 radical (unpaired) electrons. The number of aromatic nitrogens is 1. The second kappa shape index (κ2) is 8.22. The lowest BCUT2D eigenvalue weighted by Crippen LogP contribution is -2.39. The Hall–Kier alpha value is -2.07. The molecule has 1 unspecified atom stereocenters. The van der Waals surface area contributed by atoms with Gasteiger partial charge in [-0.15, -0.1) is 0 Å². The molecule has 1 atom stereocenters. The zero-order valence-electron chi connectivity index (χ0n) is 15.8. The highest BCUT2D eigenvalue weighted by Gasteiger charge is 2.34. The molecule has 1 aromatic carbocycles. The average molecular weight is 472 g/mol. The van der Waals surface area contributed by atoms with E-state index >= 15 is 0 Å². The molecular formula is C19H19Cl2N3O5S. The van der Waals surface area contributed by atoms with Gasteiger partial charge in [0.15, 0.2) is 0 Å². The van der Waals surface area contributed by atoms with Gasteiger partial charge in [0.1, 0.15) is 12.3 Å². The highest BCUT2D eigenvalue weighted by molar-refractivity contribution is 7.92. The van der Waals surface area contributed by atoms with Crippen LogP contribution < -0.4 is 9.04 Å². The summed E-state index contributed by atoms with van der Waals surface area (Å²) < 4.78 is 33.2. The van der Waals surface area contributed by atoms with Gasteiger partial charge in [-0.05, 0) is 37.1 Å². The number of aliphatic hydroxyl groups is 1. The molecule has 1 amide bonds. The van der Waals surface area contributed by atoms with Gasteiger partial charge in [0.05, 0.1) is 39.7 Å². The molecule has 1 N–H and O–H groups in total. The van der Waals surface area contributed by atoms with Crippen molar-refractivity contribution in [2.24, 2.45) is 0 Å². The number of hydrogen-bond acceptors (Lipinski definition) is 6. The predicted molar refractivity (Wildman–Crippen MR) is 112 cm³/mol. The normalized spacial score (nSPS) is 18.8. The van der Waals surface area contributed by atoms with E-state index in [0.29, 0.717) is 6.54 Å². The van der Waals surface area contributed by atoms with E-state index in [9.17, 15) is 18.3 Å². The van der Waals surface area contributed by atoms with E-state index in [1.54, 1.807) is 4.90 Å². The van der Waals surface area contributed by atoms with Gasteiger partial charge in [0.2, 0.25) is 5.88 Å². The van der Waals surface area contributed by atoms with Crippen LogP contribution in [-0.2, 0) is 10.0 Å². The number of likely N-dealkylation sites (tertiary alicyclic amines) is 1. The third-order valence-electron chi connectivity index (χ3n) is 5.21. The van der Waals surface area contributed by atoms with Crippen LogP contribution in [0.2, 0.25) is 10.0 Å². The maximum absolute atomic E-state index is 13.3. The first-order chi connectivity index (χ1) is 14.3. The topological polar surface area (TPSA) is 100 Å². The number of sulfonamides is 1. The van der Waals surface area contributed by atoms with Crippen molar-refractivity contribution in [3.63, 3.8) is 0 Å². The number of fused-ring (bicyclic) bond motifs is 1. The zero-order chi connectivity index (χ0) is 21.5. The monoisotopic (exact) mass is 471 g/mol. The summed E-state index contributed by atoms with van der Waals surface area (Å²) in [4.78, 5) is 18.7. The summed E-state index contributed by atoms with van der Waals surface area (Å²) in [7, 11) is -3.99. The minimum atomic E-state index is -3.99. The van der Waals surface area contributed by atoms with Gasteiger partial charge >= 0.3 is 0 Å². The number of rotatable bonds is 4. The zero-order valence-corrected chi connectivity index (χ0v) is 18.1. The summed E-state index contributed by atoms with van der Waals surface area (Å²) in [6, 6.07) is 5.29. The number of benzene rings is 1. The van der Waals surface area contributed by atoms with E-state index in [1.807, 2.05) is 0 Å². The molecule has 2 aliphatic heterocycles. The van der Waals surface area contributed by atoms with Crippen LogP contribution in [0.3, 0.4) is 0 Å². The molecule has 8 nitrogen and oxygen atoms in total. The number of aliphatic hydroxyl groups excluding tert-OH is 1. The standard InChI is InChI=1S/C19H19Cl2N3O5S/c20-15-4-3-14(9-16(15)21)30(27,28)24-6-7-29-18-17(24)8-12(10-22-18)19(26)23-5-1-2-13(23)11-25/h3-4,8-10,13,25H,1-2,5-7,11H2. The maximum Gasteiger partial charge on any atom is 0.264 e. The van der Waals surface area contributed by atoms with Crippen molar-refractivity contribution in [1.29, 1.82) is 0 Å². The molecule has 160 valence electrons. The van der Waals surface area contributed by atoms with E-state index < -0.39 is 10.0 Å². The molecule has 3 heterocycles. The Bertz CT molecular complexity index is 1100. The molecule has 0 saturated carbocycles. The Morgan fingerprint density at radius 1 is 1.23 bits per heavy atom. The third-order valence-corrected chi connectivity index (χ3v) is 7.76. The molecule has 1 saturated heterocycles. The third kappa shape index (κ3) is 3.71. The highest BCUT2D eigenvalue weighted by Crippen LogP contribution is 2.36. The lowest BCUT2D eigenvalue weighted by molar-refractivity contribution is 0.0677. The van der Waals surface area contributed by atoms with Crippen molar-refractivity contribution in [2.45, 2.75) is 23.8 Å². The summed E-state index contributed by atoms with van der Waals surface area (Å²) in [6.45, 7) is 0.582. The van der Waals surface area contributed by atoms with Crippen LogP contribution in [0.15, 0.2) is 35.4 Å². The number of halogens is 2. The maximum atomic E-state index is 13.3. The van der Waals surface area contributed by atoms with Crippen LogP contribution in [0, 0.1) is 0 Å². The molecule has 0 aliphatic carbocycles. The number of pyridine rings is 1. The fourth-order valence-electron chi connectivity index (χ4n) is 3.67. The Kier molecular flexibility index (Phi) is 5.80. The Labute approximate surface area is 184 Å². The van der Waals surface area contributed by atoms with Crippen molar-refractivity contribution >= 4 is 44.8 Å². The summed E-state index contributed by atoms with van der Waals surface area (Å²) in [6.07, 6.45) is 2.89. The first kappa shape index (κ1) is 21.2. The van der Waals surface area contributed by atoms with Crippen LogP contribution >= 0.6 is 23.2 Å². The summed E-state index contributed by atoms with van der Waals surface area (Å²) in [5.41, 5.74) is 0.409. The SMILES string of the molecule is O=C(c1cnc2c(c1)N(S(=O)(=O)c1ccc(Cl)c(Cl)c1)CCO2)N1CCCC1CO. The summed E-state index contributed by atoms with van der Waals surface area (Å²) in [5, 5.41) is 9.87. The predicted octanol–water partition coefficient (Wildman–Crippen LogP) is 2.57. The molecule has 2 aromatic rings. The molecule has 11 heteroatoms. The van der Waals surface area contributed by atoms with Crippen LogP contribution in [0.4, 0.5) is 5.69 Å². The van der Waals surface area contributed by atoms with Crippen molar-refractivity contribution in [3.8, 4) is 5.88 Å². The number of ether oxygens (including phenoxy) is 1. The minimum Gasteiger partial charge on any atom is -0.474 e. The summed E-state index contributed by atoms with van der Waals surface area (Å²) in [5.74, 6) is -0.180. The fraction of sp³-hybridized carbons (Fsp3) is 0.368. The Morgan fingerprint density at radius 3 is 2.77 bits per heavy atom. The van der Waals surface area contributed by atoms with Gasteiger partial charge < -0.3 is 14.7 Å². The van der Waals surface area contributed by atoms with Crippen molar-refractivity contribution < 1.29 is 23.1 Å². The van der Waals surface area contributed by atoms with Crippen LogP contribution in [0.5, 0.6) is 5.88 Å². The largest absolute Gasteiger partial charge is 0.474 e.